The maximum atomic E-state index is 11.9. The molecule has 0 saturated heterocycles. The Labute approximate surface area is 139 Å². The Kier molecular flexibility index (Phi) is 4.82. The Morgan fingerprint density at radius 2 is 1.88 bits per heavy atom. The predicted molar refractivity (Wildman–Crippen MR) is 91.7 cm³/mol. The van der Waals surface area contributed by atoms with Crippen LogP contribution in [0.4, 0.5) is 0 Å². The van der Waals surface area contributed by atoms with Crippen molar-refractivity contribution < 1.29 is 19.0 Å². The molecular formula is C19H18O5. The van der Waals surface area contributed by atoms with E-state index in [9.17, 15) is 4.79 Å². The highest BCUT2D eigenvalue weighted by Crippen LogP contribution is 2.36. The smallest absolute Gasteiger partial charge is 0.336 e. The summed E-state index contributed by atoms with van der Waals surface area (Å²) < 4.78 is 16.3. The van der Waals surface area contributed by atoms with Crippen LogP contribution in [0.25, 0.3) is 22.1 Å². The van der Waals surface area contributed by atoms with Crippen molar-refractivity contribution in [2.75, 3.05) is 20.3 Å². The summed E-state index contributed by atoms with van der Waals surface area (Å²) in [7, 11) is 1.53. The summed E-state index contributed by atoms with van der Waals surface area (Å²) in [5.41, 5.74) is 1.71. The molecule has 0 amide bonds. The van der Waals surface area contributed by atoms with Crippen LogP contribution in [0.1, 0.15) is 6.42 Å². The molecule has 3 rings (SSSR count). The van der Waals surface area contributed by atoms with E-state index in [-0.39, 0.29) is 6.61 Å². The molecule has 1 N–H and O–H groups in total. The molecule has 0 atom stereocenters. The highest BCUT2D eigenvalue weighted by atomic mass is 16.5. The van der Waals surface area contributed by atoms with E-state index in [1.807, 2.05) is 30.3 Å². The second-order valence-electron chi connectivity index (χ2n) is 5.27. The molecule has 5 nitrogen and oxygen atoms in total. The minimum atomic E-state index is -0.419. The first kappa shape index (κ1) is 16.1. The van der Waals surface area contributed by atoms with Gasteiger partial charge in [0.25, 0.3) is 0 Å². The molecule has 0 aliphatic carbocycles. The van der Waals surface area contributed by atoms with Gasteiger partial charge in [0, 0.05) is 30.5 Å². The summed E-state index contributed by atoms with van der Waals surface area (Å²) in [6.07, 6.45) is 0.524. The topological polar surface area (TPSA) is 68.9 Å². The van der Waals surface area contributed by atoms with Gasteiger partial charge in [-0.3, -0.25) is 0 Å². The lowest BCUT2D eigenvalue weighted by Gasteiger charge is -2.13. The second-order valence-corrected chi connectivity index (χ2v) is 5.27. The molecule has 0 radical (unpaired) electrons. The Morgan fingerprint density at radius 3 is 2.58 bits per heavy atom. The molecule has 0 bridgehead atoms. The summed E-state index contributed by atoms with van der Waals surface area (Å²) in [6.45, 7) is 0.426. The van der Waals surface area contributed by atoms with E-state index in [4.69, 9.17) is 19.0 Å². The predicted octanol–water partition coefficient (Wildman–Crippen LogP) is 3.23. The molecule has 0 aliphatic heterocycles. The van der Waals surface area contributed by atoms with Crippen LogP contribution < -0.4 is 15.1 Å². The molecule has 124 valence electrons. The largest absolute Gasteiger partial charge is 0.493 e. The molecule has 0 fully saturated rings. The number of rotatable bonds is 6. The summed E-state index contributed by atoms with van der Waals surface area (Å²) in [4.78, 5) is 11.9. The first-order valence-corrected chi connectivity index (χ1v) is 7.68. The lowest BCUT2D eigenvalue weighted by atomic mass is 10.0. The zero-order chi connectivity index (χ0) is 16.9. The maximum absolute atomic E-state index is 11.9. The van der Waals surface area contributed by atoms with Crippen molar-refractivity contribution in [1.29, 1.82) is 0 Å². The van der Waals surface area contributed by atoms with Gasteiger partial charge in [-0.2, -0.15) is 0 Å². The molecule has 3 aromatic rings. The van der Waals surface area contributed by atoms with Crippen molar-refractivity contribution in [2.24, 2.45) is 0 Å². The number of hydrogen-bond acceptors (Lipinski definition) is 5. The molecule has 2 aromatic carbocycles. The fraction of sp³-hybridized carbons (Fsp3) is 0.211. The van der Waals surface area contributed by atoms with Gasteiger partial charge in [-0.1, -0.05) is 30.3 Å². The van der Waals surface area contributed by atoms with E-state index in [2.05, 4.69) is 0 Å². The number of fused-ring (bicyclic) bond motifs is 1. The van der Waals surface area contributed by atoms with Crippen molar-refractivity contribution in [1.82, 2.24) is 0 Å². The third-order valence-electron chi connectivity index (χ3n) is 3.67. The summed E-state index contributed by atoms with van der Waals surface area (Å²) in [6, 6.07) is 14.5. The minimum Gasteiger partial charge on any atom is -0.493 e. The average Bonchev–Trinajstić information content (AvgIpc) is 2.61. The fourth-order valence-electron chi connectivity index (χ4n) is 2.55. The van der Waals surface area contributed by atoms with Gasteiger partial charge >= 0.3 is 5.63 Å². The van der Waals surface area contributed by atoms with E-state index >= 15 is 0 Å². The quantitative estimate of drug-likeness (QED) is 0.556. The van der Waals surface area contributed by atoms with Gasteiger partial charge in [-0.15, -0.1) is 0 Å². The van der Waals surface area contributed by atoms with Crippen LogP contribution in [0.3, 0.4) is 0 Å². The van der Waals surface area contributed by atoms with E-state index in [0.29, 0.717) is 30.1 Å². The van der Waals surface area contributed by atoms with Gasteiger partial charge in [0.15, 0.2) is 11.5 Å². The van der Waals surface area contributed by atoms with E-state index in [1.165, 1.54) is 13.2 Å². The first-order valence-electron chi connectivity index (χ1n) is 7.68. The number of hydrogen-bond donors (Lipinski definition) is 1. The Hall–Kier alpha value is -2.79. The van der Waals surface area contributed by atoms with Gasteiger partial charge in [0.2, 0.25) is 0 Å². The molecular weight excluding hydrogens is 308 g/mol. The number of ether oxygens (including phenoxy) is 2. The van der Waals surface area contributed by atoms with Gasteiger partial charge < -0.3 is 19.0 Å². The molecule has 5 heteroatoms. The number of methoxy groups -OCH3 is 1. The van der Waals surface area contributed by atoms with Crippen LogP contribution in [-0.2, 0) is 0 Å². The third kappa shape index (κ3) is 3.26. The molecule has 0 spiro atoms. The molecule has 0 saturated carbocycles. The van der Waals surface area contributed by atoms with Crippen molar-refractivity contribution in [3.8, 4) is 22.6 Å². The van der Waals surface area contributed by atoms with E-state index in [0.717, 1.165) is 16.5 Å². The molecule has 24 heavy (non-hydrogen) atoms. The normalized spacial score (nSPS) is 10.8. The van der Waals surface area contributed by atoms with Crippen LogP contribution in [0.15, 0.2) is 57.7 Å². The average molecular weight is 326 g/mol. The lowest BCUT2D eigenvalue weighted by Crippen LogP contribution is -2.03. The van der Waals surface area contributed by atoms with Crippen LogP contribution in [0.5, 0.6) is 11.5 Å². The van der Waals surface area contributed by atoms with Gasteiger partial charge in [-0.25, -0.2) is 4.79 Å². The fourth-order valence-corrected chi connectivity index (χ4v) is 2.55. The van der Waals surface area contributed by atoms with Gasteiger partial charge in [0.1, 0.15) is 5.58 Å². The van der Waals surface area contributed by atoms with Gasteiger partial charge in [0.05, 0.1) is 13.7 Å². The van der Waals surface area contributed by atoms with Crippen molar-refractivity contribution in [3.63, 3.8) is 0 Å². The zero-order valence-electron chi connectivity index (χ0n) is 13.3. The standard InChI is InChI=1S/C19H18O5/c1-22-17-12-16-15(10-18(17)23-9-5-8-20)14(11-19(21)24-16)13-6-3-2-4-7-13/h2-4,6-7,10-12,20H,5,8-9H2,1H3. The summed E-state index contributed by atoms with van der Waals surface area (Å²) >= 11 is 0. The van der Waals surface area contributed by atoms with Crippen LogP contribution in [0, 0.1) is 0 Å². The molecule has 1 aromatic heterocycles. The molecule has 0 aliphatic rings. The van der Waals surface area contributed by atoms with Crippen LogP contribution >= 0.6 is 0 Å². The van der Waals surface area contributed by atoms with Crippen molar-refractivity contribution in [3.05, 3.63) is 59.0 Å². The Balaban J connectivity index is 2.18. The second kappa shape index (κ2) is 7.19. The van der Waals surface area contributed by atoms with E-state index < -0.39 is 5.63 Å². The van der Waals surface area contributed by atoms with E-state index in [1.54, 1.807) is 12.1 Å². The zero-order valence-corrected chi connectivity index (χ0v) is 13.3. The van der Waals surface area contributed by atoms with Crippen LogP contribution in [-0.4, -0.2) is 25.4 Å². The molecule has 1 heterocycles. The molecule has 0 unspecified atom stereocenters. The summed E-state index contributed by atoms with van der Waals surface area (Å²) in [5.74, 6) is 1.03. The Morgan fingerprint density at radius 1 is 1.08 bits per heavy atom. The number of aliphatic hydroxyl groups excluding tert-OH is 1. The minimum absolute atomic E-state index is 0.0556. The van der Waals surface area contributed by atoms with Crippen molar-refractivity contribution >= 4 is 11.0 Å². The highest BCUT2D eigenvalue weighted by molar-refractivity contribution is 5.95. The number of aliphatic hydroxyl groups is 1. The third-order valence-corrected chi connectivity index (χ3v) is 3.67. The SMILES string of the molecule is COc1cc2oc(=O)cc(-c3ccccc3)c2cc1OCCCO. The monoisotopic (exact) mass is 326 g/mol. The highest BCUT2D eigenvalue weighted by Gasteiger charge is 2.13. The Bertz CT molecular complexity index is 883. The van der Waals surface area contributed by atoms with Crippen molar-refractivity contribution in [2.45, 2.75) is 6.42 Å². The maximum Gasteiger partial charge on any atom is 0.336 e. The number of benzene rings is 2. The summed E-state index contributed by atoms with van der Waals surface area (Å²) in [5, 5.41) is 9.67. The lowest BCUT2D eigenvalue weighted by molar-refractivity contribution is 0.228. The van der Waals surface area contributed by atoms with Gasteiger partial charge in [-0.05, 0) is 17.2 Å². The first-order chi connectivity index (χ1) is 11.7. The van der Waals surface area contributed by atoms with Crippen LogP contribution in [0.2, 0.25) is 0 Å².